The molecule has 0 spiro atoms. The summed E-state index contributed by atoms with van der Waals surface area (Å²) in [5.74, 6) is 0.121. The first-order valence-electron chi connectivity index (χ1n) is 10.3. The van der Waals surface area contributed by atoms with E-state index in [0.717, 1.165) is 63.9 Å². The molecule has 1 aliphatic heterocycles. The predicted octanol–water partition coefficient (Wildman–Crippen LogP) is 2.52. The minimum absolute atomic E-state index is 0.121. The third kappa shape index (κ3) is 4.61. The zero-order chi connectivity index (χ0) is 19.2. The lowest BCUT2D eigenvalue weighted by atomic mass is 9.90. The lowest BCUT2D eigenvalue weighted by Gasteiger charge is -2.31. The maximum Gasteiger partial charge on any atom is 0.274 e. The van der Waals surface area contributed by atoms with Crippen molar-refractivity contribution in [1.82, 2.24) is 19.6 Å². The van der Waals surface area contributed by atoms with Crippen LogP contribution in [0.25, 0.3) is 0 Å². The number of carbonyl (C=O) groups is 1. The van der Waals surface area contributed by atoms with Crippen LogP contribution in [0.5, 0.6) is 0 Å². The van der Waals surface area contributed by atoms with Crippen LogP contribution in [-0.4, -0.2) is 71.9 Å². The van der Waals surface area contributed by atoms with Crippen LogP contribution in [0.4, 0.5) is 0 Å². The van der Waals surface area contributed by atoms with Crippen LogP contribution in [0.1, 0.15) is 53.8 Å². The molecule has 1 aliphatic carbocycles. The van der Waals surface area contributed by atoms with Crippen LogP contribution >= 0.6 is 0 Å². The van der Waals surface area contributed by atoms with E-state index in [4.69, 9.17) is 9.84 Å². The highest BCUT2D eigenvalue weighted by molar-refractivity contribution is 5.94. The number of hydrogen-bond donors (Lipinski definition) is 0. The van der Waals surface area contributed by atoms with Gasteiger partial charge in [0, 0.05) is 44.0 Å². The van der Waals surface area contributed by atoms with Crippen LogP contribution in [0, 0.1) is 0 Å². The van der Waals surface area contributed by atoms with Crippen LogP contribution in [0.2, 0.25) is 0 Å². The Morgan fingerprint density at radius 2 is 2.07 bits per heavy atom. The van der Waals surface area contributed by atoms with Gasteiger partial charge in [-0.1, -0.05) is 18.9 Å². The third-order valence-electron chi connectivity index (χ3n) is 5.99. The van der Waals surface area contributed by atoms with E-state index in [1.165, 1.54) is 18.5 Å². The zero-order valence-electron chi connectivity index (χ0n) is 17.0. The number of methoxy groups -OCH3 is 1. The van der Waals surface area contributed by atoms with Crippen LogP contribution in [0.3, 0.4) is 0 Å². The third-order valence-corrected chi connectivity index (χ3v) is 5.99. The Labute approximate surface area is 163 Å². The van der Waals surface area contributed by atoms with Crippen LogP contribution in [-0.2, 0) is 24.1 Å². The number of amides is 1. The normalized spacial score (nSPS) is 20.4. The summed E-state index contributed by atoms with van der Waals surface area (Å²) in [5, 5.41) is 4.75. The summed E-state index contributed by atoms with van der Waals surface area (Å²) in [6, 6.07) is 0.435. The van der Waals surface area contributed by atoms with E-state index < -0.39 is 0 Å². The molecule has 1 aromatic rings. The van der Waals surface area contributed by atoms with Gasteiger partial charge in [-0.15, -0.1) is 6.58 Å². The van der Waals surface area contributed by atoms with E-state index in [-0.39, 0.29) is 5.91 Å². The summed E-state index contributed by atoms with van der Waals surface area (Å²) in [7, 11) is 3.89. The Morgan fingerprint density at radius 1 is 1.33 bits per heavy atom. The number of nitrogens with zero attached hydrogens (tertiary/aromatic N) is 4. The van der Waals surface area contributed by atoms with Crippen LogP contribution < -0.4 is 0 Å². The van der Waals surface area contributed by atoms with Gasteiger partial charge in [-0.3, -0.25) is 9.48 Å². The molecular formula is C21H34N4O2. The molecule has 27 heavy (non-hydrogen) atoms. The molecule has 0 aromatic carbocycles. The summed E-state index contributed by atoms with van der Waals surface area (Å²) < 4.78 is 7.23. The van der Waals surface area contributed by atoms with E-state index in [1.807, 2.05) is 15.7 Å². The van der Waals surface area contributed by atoms with Crippen molar-refractivity contribution in [2.45, 2.75) is 57.5 Å². The molecule has 1 atom stereocenters. The first-order chi connectivity index (χ1) is 13.2. The van der Waals surface area contributed by atoms with Crippen molar-refractivity contribution in [3.63, 3.8) is 0 Å². The number of hydrogen-bond acceptors (Lipinski definition) is 4. The zero-order valence-corrected chi connectivity index (χ0v) is 17.0. The average Bonchev–Trinajstić information content (AvgIpc) is 2.85. The minimum Gasteiger partial charge on any atom is -0.383 e. The van der Waals surface area contributed by atoms with Gasteiger partial charge in [-0.2, -0.15) is 5.10 Å². The first-order valence-corrected chi connectivity index (χ1v) is 10.3. The molecule has 0 N–H and O–H groups in total. The summed E-state index contributed by atoms with van der Waals surface area (Å²) >= 11 is 0. The van der Waals surface area contributed by atoms with Gasteiger partial charge in [0.25, 0.3) is 5.91 Å². The molecule has 2 heterocycles. The standard InChI is InChI=1S/C21H34N4O2/c1-4-11-25-19-10-9-17(23(2)14-15-27-3)16-18(19)20(22-25)21(26)24-12-7-5-6-8-13-24/h4,17H,1,5-16H2,2-3H3. The van der Waals surface area contributed by atoms with Crippen LogP contribution in [0.15, 0.2) is 12.7 Å². The first kappa shape index (κ1) is 20.1. The van der Waals surface area contributed by atoms with Gasteiger partial charge in [-0.05, 0) is 39.2 Å². The molecule has 0 bridgehead atoms. The molecule has 3 rings (SSSR count). The van der Waals surface area contributed by atoms with E-state index in [9.17, 15) is 4.79 Å². The van der Waals surface area contributed by atoms with Crippen molar-refractivity contribution in [1.29, 1.82) is 0 Å². The quantitative estimate of drug-likeness (QED) is 0.688. The fraction of sp³-hybridized carbons (Fsp3) is 0.714. The SMILES string of the molecule is C=CCn1nc(C(=O)N2CCCCCC2)c2c1CCC(N(C)CCOC)C2. The summed E-state index contributed by atoms with van der Waals surface area (Å²) in [5.41, 5.74) is 3.06. The fourth-order valence-electron chi connectivity index (χ4n) is 4.33. The number of likely N-dealkylation sites (N-methyl/N-ethyl adjacent to an activating group) is 1. The Bertz CT molecular complexity index is 647. The molecule has 1 saturated heterocycles. The lowest BCUT2D eigenvalue weighted by Crippen LogP contribution is -2.39. The second-order valence-corrected chi connectivity index (χ2v) is 7.82. The largest absolute Gasteiger partial charge is 0.383 e. The average molecular weight is 375 g/mol. The van der Waals surface area contributed by atoms with Gasteiger partial charge in [0.15, 0.2) is 5.69 Å². The Morgan fingerprint density at radius 3 is 2.74 bits per heavy atom. The molecule has 150 valence electrons. The van der Waals surface area contributed by atoms with Crippen molar-refractivity contribution in [2.24, 2.45) is 0 Å². The van der Waals surface area contributed by atoms with Crippen molar-refractivity contribution < 1.29 is 9.53 Å². The summed E-state index contributed by atoms with van der Waals surface area (Å²) in [4.78, 5) is 17.7. The summed E-state index contributed by atoms with van der Waals surface area (Å²) in [6.07, 6.45) is 9.45. The molecular weight excluding hydrogens is 340 g/mol. The van der Waals surface area contributed by atoms with E-state index in [1.54, 1.807) is 7.11 Å². The molecule has 1 unspecified atom stereocenters. The van der Waals surface area contributed by atoms with Gasteiger partial charge in [0.1, 0.15) is 0 Å². The van der Waals surface area contributed by atoms with Gasteiger partial charge in [0.2, 0.25) is 0 Å². The van der Waals surface area contributed by atoms with E-state index >= 15 is 0 Å². The number of likely N-dealkylation sites (tertiary alicyclic amines) is 1. The second kappa shape index (κ2) is 9.51. The molecule has 0 saturated carbocycles. The predicted molar refractivity (Wildman–Crippen MR) is 107 cm³/mol. The van der Waals surface area contributed by atoms with Gasteiger partial charge in [-0.25, -0.2) is 0 Å². The molecule has 2 aliphatic rings. The number of carbonyl (C=O) groups excluding carboxylic acids is 1. The number of allylic oxidation sites excluding steroid dienone is 1. The van der Waals surface area contributed by atoms with E-state index in [2.05, 4.69) is 18.5 Å². The lowest BCUT2D eigenvalue weighted by molar-refractivity contribution is 0.0752. The number of ether oxygens (including phenoxy) is 1. The smallest absolute Gasteiger partial charge is 0.274 e. The number of fused-ring (bicyclic) bond motifs is 1. The highest BCUT2D eigenvalue weighted by Gasteiger charge is 2.32. The maximum absolute atomic E-state index is 13.3. The molecule has 6 heteroatoms. The molecule has 1 aromatic heterocycles. The Balaban J connectivity index is 1.84. The van der Waals surface area contributed by atoms with Gasteiger partial charge < -0.3 is 14.5 Å². The molecule has 0 radical (unpaired) electrons. The monoisotopic (exact) mass is 374 g/mol. The van der Waals surface area contributed by atoms with Crippen molar-refractivity contribution in [3.05, 3.63) is 29.6 Å². The Kier molecular flexibility index (Phi) is 7.07. The Hall–Kier alpha value is -1.66. The van der Waals surface area contributed by atoms with Gasteiger partial charge in [0.05, 0.1) is 13.2 Å². The fourth-order valence-corrected chi connectivity index (χ4v) is 4.33. The molecule has 1 amide bonds. The van der Waals surface area contributed by atoms with Crippen molar-refractivity contribution in [3.8, 4) is 0 Å². The minimum atomic E-state index is 0.121. The number of aromatic nitrogens is 2. The van der Waals surface area contributed by atoms with Crippen molar-refractivity contribution in [2.75, 3.05) is 40.4 Å². The highest BCUT2D eigenvalue weighted by atomic mass is 16.5. The highest BCUT2D eigenvalue weighted by Crippen LogP contribution is 2.28. The summed E-state index contributed by atoms with van der Waals surface area (Å²) in [6.45, 7) is 7.89. The maximum atomic E-state index is 13.3. The van der Waals surface area contributed by atoms with E-state index in [0.29, 0.717) is 18.3 Å². The molecule has 6 nitrogen and oxygen atoms in total. The number of rotatable bonds is 7. The topological polar surface area (TPSA) is 50.6 Å². The van der Waals surface area contributed by atoms with Gasteiger partial charge >= 0.3 is 0 Å². The van der Waals surface area contributed by atoms with Crippen molar-refractivity contribution >= 4 is 5.91 Å². The second-order valence-electron chi connectivity index (χ2n) is 7.82. The molecule has 1 fully saturated rings.